The van der Waals surface area contributed by atoms with Crippen LogP contribution in [0.5, 0.6) is 0 Å². The molecule has 0 aliphatic heterocycles. The van der Waals surface area contributed by atoms with Crippen molar-refractivity contribution in [3.8, 4) is 0 Å². The number of rotatable bonds is 4. The summed E-state index contributed by atoms with van der Waals surface area (Å²) in [7, 11) is 2.04. The number of hydrogen-bond donors (Lipinski definition) is 1. The van der Waals surface area contributed by atoms with Crippen molar-refractivity contribution in [3.63, 3.8) is 0 Å². The molecule has 1 aliphatic rings. The van der Waals surface area contributed by atoms with Gasteiger partial charge in [0.1, 0.15) is 0 Å². The smallest absolute Gasteiger partial charge is 0.0311 e. The molecule has 0 aromatic carbocycles. The minimum Gasteiger partial charge on any atom is -0.313 e. The molecular weight excluding hydrogens is 158 g/mol. The molecule has 0 bridgehead atoms. The van der Waals surface area contributed by atoms with Gasteiger partial charge < -0.3 is 5.32 Å². The molecule has 1 atom stereocenters. The maximum absolute atomic E-state index is 3.80. The predicted octanol–water partition coefficient (Wildman–Crippen LogP) is 3.04. The summed E-state index contributed by atoms with van der Waals surface area (Å²) in [5, 5.41) is 3.36. The first kappa shape index (κ1) is 10.5. The Morgan fingerprint density at radius 2 is 2.38 bits per heavy atom. The number of hydrogen-bond acceptors (Lipinski definition) is 1. The minimum atomic E-state index is 0.538. The van der Waals surface area contributed by atoms with E-state index in [0.29, 0.717) is 6.04 Å². The molecule has 0 saturated carbocycles. The van der Waals surface area contributed by atoms with Gasteiger partial charge in [0.15, 0.2) is 0 Å². The third kappa shape index (κ3) is 3.35. The Balaban J connectivity index is 2.53. The first-order valence-electron chi connectivity index (χ1n) is 5.35. The van der Waals surface area contributed by atoms with E-state index in [-0.39, 0.29) is 0 Å². The lowest BCUT2D eigenvalue weighted by Gasteiger charge is -2.17. The summed E-state index contributed by atoms with van der Waals surface area (Å²) < 4.78 is 0. The van der Waals surface area contributed by atoms with Crippen molar-refractivity contribution >= 4 is 0 Å². The normalized spacial score (nSPS) is 20.2. The lowest BCUT2D eigenvalue weighted by Crippen LogP contribution is -2.26. The summed E-state index contributed by atoms with van der Waals surface area (Å²) in [5.74, 6) is 0. The van der Waals surface area contributed by atoms with Crippen molar-refractivity contribution in [2.75, 3.05) is 7.05 Å². The van der Waals surface area contributed by atoms with Crippen LogP contribution in [0.3, 0.4) is 0 Å². The van der Waals surface area contributed by atoms with E-state index in [1.165, 1.54) is 32.1 Å². The fourth-order valence-electron chi connectivity index (χ4n) is 1.98. The molecule has 0 aromatic heterocycles. The van der Waals surface area contributed by atoms with E-state index in [2.05, 4.69) is 18.0 Å². The summed E-state index contributed by atoms with van der Waals surface area (Å²) in [4.78, 5) is 0. The van der Waals surface area contributed by atoms with Crippen LogP contribution in [0.2, 0.25) is 0 Å². The molecule has 0 fully saturated rings. The molecule has 0 amide bonds. The molecule has 74 valence electrons. The van der Waals surface area contributed by atoms with Crippen LogP contribution in [0.1, 0.15) is 38.5 Å². The zero-order valence-electron chi connectivity index (χ0n) is 8.68. The van der Waals surface area contributed by atoms with Crippen molar-refractivity contribution < 1.29 is 0 Å². The molecular formula is C12H21N. The van der Waals surface area contributed by atoms with E-state index in [1.54, 1.807) is 5.57 Å². The van der Waals surface area contributed by atoms with Gasteiger partial charge in [-0.15, -0.1) is 6.58 Å². The number of allylic oxidation sites excluding steroid dienone is 1. The second-order valence-electron chi connectivity index (χ2n) is 3.74. The lowest BCUT2D eigenvalue weighted by atomic mass is 9.99. The molecule has 0 saturated heterocycles. The first-order chi connectivity index (χ1) is 6.38. The molecule has 1 nitrogen and oxygen atoms in total. The monoisotopic (exact) mass is 179 g/mol. The Hall–Kier alpha value is -0.560. The summed E-state index contributed by atoms with van der Waals surface area (Å²) in [6.07, 6.45) is 12.2. The Morgan fingerprint density at radius 1 is 1.54 bits per heavy atom. The fraction of sp³-hybridized carbons (Fsp3) is 0.667. The molecule has 1 heteroatoms. The highest BCUT2D eigenvalue weighted by Crippen LogP contribution is 2.21. The Kier molecular flexibility index (Phi) is 4.84. The topological polar surface area (TPSA) is 12.0 Å². The molecule has 0 heterocycles. The standard InChI is InChI=1S/C12H21N/c1-3-8-12(13-2)11-9-6-4-5-7-10-11/h3,9,12-13H,1,4-8,10H2,2H3. The van der Waals surface area contributed by atoms with Crippen molar-refractivity contribution in [2.45, 2.75) is 44.6 Å². The van der Waals surface area contributed by atoms with E-state index >= 15 is 0 Å². The van der Waals surface area contributed by atoms with Gasteiger partial charge in [-0.25, -0.2) is 0 Å². The van der Waals surface area contributed by atoms with E-state index < -0.39 is 0 Å². The van der Waals surface area contributed by atoms with Crippen molar-refractivity contribution in [1.29, 1.82) is 0 Å². The van der Waals surface area contributed by atoms with E-state index in [0.717, 1.165) is 6.42 Å². The minimum absolute atomic E-state index is 0.538. The maximum atomic E-state index is 3.80. The van der Waals surface area contributed by atoms with E-state index in [4.69, 9.17) is 0 Å². The first-order valence-corrected chi connectivity index (χ1v) is 5.35. The summed E-state index contributed by atoms with van der Waals surface area (Å²) >= 11 is 0. The molecule has 1 N–H and O–H groups in total. The van der Waals surface area contributed by atoms with Gasteiger partial charge in [-0.1, -0.05) is 24.1 Å². The summed E-state index contributed by atoms with van der Waals surface area (Å²) in [6.45, 7) is 3.80. The SMILES string of the molecule is C=CCC(NC)C1=CCCCCC1. The van der Waals surface area contributed by atoms with Crippen LogP contribution in [0.15, 0.2) is 24.3 Å². The maximum Gasteiger partial charge on any atom is 0.0311 e. The molecule has 0 radical (unpaired) electrons. The van der Waals surface area contributed by atoms with Crippen LogP contribution in [0.25, 0.3) is 0 Å². The summed E-state index contributed by atoms with van der Waals surface area (Å²) in [6, 6.07) is 0.538. The number of nitrogens with one attached hydrogen (secondary N) is 1. The zero-order chi connectivity index (χ0) is 9.52. The molecule has 1 aliphatic carbocycles. The van der Waals surface area contributed by atoms with Gasteiger partial charge in [0.05, 0.1) is 0 Å². The average molecular weight is 179 g/mol. The number of likely N-dealkylation sites (N-methyl/N-ethyl adjacent to an activating group) is 1. The van der Waals surface area contributed by atoms with Crippen LogP contribution in [-0.4, -0.2) is 13.1 Å². The highest BCUT2D eigenvalue weighted by Gasteiger charge is 2.11. The second kappa shape index (κ2) is 5.98. The Morgan fingerprint density at radius 3 is 3.08 bits per heavy atom. The largest absolute Gasteiger partial charge is 0.313 e. The van der Waals surface area contributed by atoms with Gasteiger partial charge >= 0.3 is 0 Å². The molecule has 1 unspecified atom stereocenters. The lowest BCUT2D eigenvalue weighted by molar-refractivity contribution is 0.606. The van der Waals surface area contributed by atoms with Gasteiger partial charge in [0.2, 0.25) is 0 Å². The second-order valence-corrected chi connectivity index (χ2v) is 3.74. The fourth-order valence-corrected chi connectivity index (χ4v) is 1.98. The van der Waals surface area contributed by atoms with Crippen LogP contribution in [0, 0.1) is 0 Å². The van der Waals surface area contributed by atoms with Crippen molar-refractivity contribution in [2.24, 2.45) is 0 Å². The summed E-state index contributed by atoms with van der Waals surface area (Å²) in [5.41, 5.74) is 1.60. The highest BCUT2D eigenvalue weighted by molar-refractivity contribution is 5.13. The van der Waals surface area contributed by atoms with Crippen LogP contribution in [0.4, 0.5) is 0 Å². The van der Waals surface area contributed by atoms with Crippen LogP contribution in [-0.2, 0) is 0 Å². The quantitative estimate of drug-likeness (QED) is 0.654. The molecule has 1 rings (SSSR count). The van der Waals surface area contributed by atoms with Crippen LogP contribution >= 0.6 is 0 Å². The van der Waals surface area contributed by atoms with Gasteiger partial charge in [-0.2, -0.15) is 0 Å². The molecule has 13 heavy (non-hydrogen) atoms. The zero-order valence-corrected chi connectivity index (χ0v) is 8.68. The van der Waals surface area contributed by atoms with Gasteiger partial charge in [0, 0.05) is 6.04 Å². The predicted molar refractivity (Wildman–Crippen MR) is 58.8 cm³/mol. The van der Waals surface area contributed by atoms with Gasteiger partial charge in [0.25, 0.3) is 0 Å². The van der Waals surface area contributed by atoms with E-state index in [1.807, 2.05) is 13.1 Å². The Labute approximate surface area is 81.9 Å². The third-order valence-electron chi connectivity index (χ3n) is 2.77. The molecule has 0 spiro atoms. The third-order valence-corrected chi connectivity index (χ3v) is 2.77. The van der Waals surface area contributed by atoms with Crippen LogP contribution < -0.4 is 5.32 Å². The van der Waals surface area contributed by atoms with Crippen molar-refractivity contribution in [1.82, 2.24) is 5.32 Å². The highest BCUT2D eigenvalue weighted by atomic mass is 14.9. The Bertz CT molecular complexity index is 182. The average Bonchev–Trinajstić information content (AvgIpc) is 2.42. The van der Waals surface area contributed by atoms with E-state index in [9.17, 15) is 0 Å². The van der Waals surface area contributed by atoms with Gasteiger partial charge in [-0.05, 0) is 39.2 Å². The molecule has 0 aromatic rings. The van der Waals surface area contributed by atoms with Crippen molar-refractivity contribution in [3.05, 3.63) is 24.3 Å². The van der Waals surface area contributed by atoms with Gasteiger partial charge in [-0.3, -0.25) is 0 Å².